The second-order valence-corrected chi connectivity index (χ2v) is 3.44. The average molecular weight is 167 g/mol. The van der Waals surface area contributed by atoms with Gasteiger partial charge in [0.1, 0.15) is 0 Å². The van der Waals surface area contributed by atoms with Gasteiger partial charge in [-0.15, -0.1) is 0 Å². The van der Waals surface area contributed by atoms with E-state index in [1.165, 1.54) is 0 Å². The van der Waals surface area contributed by atoms with E-state index < -0.39 is 0 Å². The van der Waals surface area contributed by atoms with Crippen molar-refractivity contribution in [2.24, 2.45) is 5.92 Å². The summed E-state index contributed by atoms with van der Waals surface area (Å²) in [7, 11) is 1.72. The molecule has 0 unspecified atom stereocenters. The van der Waals surface area contributed by atoms with Gasteiger partial charge in [0.15, 0.2) is 5.88 Å². The van der Waals surface area contributed by atoms with Crippen LogP contribution in [0.4, 0.5) is 0 Å². The van der Waals surface area contributed by atoms with Gasteiger partial charge in [0.2, 0.25) is 0 Å². The lowest BCUT2D eigenvalue weighted by molar-refractivity contribution is 0.150. The molecule has 0 aromatic heterocycles. The Balaban J connectivity index is 2.54. The fraction of sp³-hybridized carbons (Fsp3) is 0.600. The molecule has 0 amide bonds. The van der Waals surface area contributed by atoms with Gasteiger partial charge in [-0.25, -0.2) is 0 Å². The molecule has 0 fully saturated rings. The molecule has 12 heavy (non-hydrogen) atoms. The van der Waals surface area contributed by atoms with Gasteiger partial charge in [-0.1, -0.05) is 26.0 Å². The van der Waals surface area contributed by atoms with Crippen LogP contribution < -0.4 is 0 Å². The van der Waals surface area contributed by atoms with Crippen LogP contribution in [0.2, 0.25) is 0 Å². The fourth-order valence-corrected chi connectivity index (χ4v) is 1.34. The Kier molecular flexibility index (Phi) is 3.20. The minimum absolute atomic E-state index is 0.676. The zero-order valence-corrected chi connectivity index (χ0v) is 8.08. The van der Waals surface area contributed by atoms with Crippen LogP contribution in [0, 0.1) is 5.92 Å². The molecule has 0 N–H and O–H groups in total. The van der Waals surface area contributed by atoms with Gasteiger partial charge < -0.3 is 9.64 Å². The van der Waals surface area contributed by atoms with Gasteiger partial charge in [0, 0.05) is 13.1 Å². The third-order valence-corrected chi connectivity index (χ3v) is 1.81. The summed E-state index contributed by atoms with van der Waals surface area (Å²) in [5.74, 6) is 1.65. The number of nitrogens with zero attached hydrogens (tertiary/aromatic N) is 1. The molecular formula is C10H17NO. The lowest BCUT2D eigenvalue weighted by Gasteiger charge is -2.28. The molecule has 1 rings (SSSR count). The van der Waals surface area contributed by atoms with Crippen LogP contribution in [0.1, 0.15) is 13.8 Å². The van der Waals surface area contributed by atoms with E-state index in [0.717, 1.165) is 19.0 Å². The second kappa shape index (κ2) is 4.19. The third kappa shape index (κ3) is 2.29. The highest BCUT2D eigenvalue weighted by atomic mass is 16.5. The van der Waals surface area contributed by atoms with Crippen LogP contribution in [-0.2, 0) is 4.74 Å². The predicted octanol–water partition coefficient (Wildman–Crippen LogP) is 2.00. The molecule has 0 radical (unpaired) electrons. The molecule has 1 aliphatic rings. The van der Waals surface area contributed by atoms with Gasteiger partial charge in [0.25, 0.3) is 0 Å². The maximum atomic E-state index is 5.24. The molecule has 1 aliphatic heterocycles. The smallest absolute Gasteiger partial charge is 0.189 e. The van der Waals surface area contributed by atoms with Crippen molar-refractivity contribution in [1.82, 2.24) is 4.90 Å². The average Bonchev–Trinajstić information content (AvgIpc) is 2.04. The van der Waals surface area contributed by atoms with Crippen LogP contribution in [0.3, 0.4) is 0 Å². The molecule has 2 heteroatoms. The molecule has 0 saturated carbocycles. The van der Waals surface area contributed by atoms with E-state index in [4.69, 9.17) is 4.74 Å². The standard InChI is InChI=1S/C10H17NO/c1-9(2)8-11-7-5-4-6-10(11)12-3/h4-6,9H,7-8H2,1-3H3. The van der Waals surface area contributed by atoms with Crippen molar-refractivity contribution in [1.29, 1.82) is 0 Å². The molecule has 0 saturated heterocycles. The van der Waals surface area contributed by atoms with E-state index >= 15 is 0 Å². The van der Waals surface area contributed by atoms with Crippen LogP contribution in [-0.4, -0.2) is 25.1 Å². The van der Waals surface area contributed by atoms with Gasteiger partial charge in [-0.2, -0.15) is 0 Å². The number of hydrogen-bond donors (Lipinski definition) is 0. The van der Waals surface area contributed by atoms with Crippen LogP contribution >= 0.6 is 0 Å². The Morgan fingerprint density at radius 2 is 2.33 bits per heavy atom. The van der Waals surface area contributed by atoms with E-state index in [1.54, 1.807) is 7.11 Å². The number of rotatable bonds is 3. The van der Waals surface area contributed by atoms with E-state index in [1.807, 2.05) is 12.2 Å². The minimum Gasteiger partial charge on any atom is -0.482 e. The SMILES string of the molecule is COC1=CC=CCN1CC(C)C. The summed E-state index contributed by atoms with van der Waals surface area (Å²) < 4.78 is 5.24. The predicted molar refractivity (Wildman–Crippen MR) is 50.6 cm³/mol. The molecule has 0 aliphatic carbocycles. The molecule has 0 atom stereocenters. The summed E-state index contributed by atoms with van der Waals surface area (Å²) in [6.07, 6.45) is 6.19. The lowest BCUT2D eigenvalue weighted by Crippen LogP contribution is -2.29. The van der Waals surface area contributed by atoms with Gasteiger partial charge in [0.05, 0.1) is 7.11 Å². The van der Waals surface area contributed by atoms with E-state index in [2.05, 4.69) is 24.8 Å². The maximum absolute atomic E-state index is 5.24. The first-order valence-electron chi connectivity index (χ1n) is 4.39. The summed E-state index contributed by atoms with van der Waals surface area (Å²) in [4.78, 5) is 2.24. The Hall–Kier alpha value is -0.920. The number of ether oxygens (including phenoxy) is 1. The zero-order valence-electron chi connectivity index (χ0n) is 8.08. The molecule has 68 valence electrons. The fourth-order valence-electron chi connectivity index (χ4n) is 1.34. The topological polar surface area (TPSA) is 12.5 Å². The minimum atomic E-state index is 0.676. The van der Waals surface area contributed by atoms with Crippen LogP contribution in [0.5, 0.6) is 0 Å². The zero-order chi connectivity index (χ0) is 8.97. The Labute approximate surface area is 74.5 Å². The van der Waals surface area contributed by atoms with Crippen molar-refractivity contribution in [3.63, 3.8) is 0 Å². The van der Waals surface area contributed by atoms with Crippen molar-refractivity contribution in [2.75, 3.05) is 20.2 Å². The Bertz CT molecular complexity index is 194. The molecule has 1 heterocycles. The normalized spacial score (nSPS) is 16.7. The first-order chi connectivity index (χ1) is 5.74. The van der Waals surface area contributed by atoms with Gasteiger partial charge >= 0.3 is 0 Å². The highest BCUT2D eigenvalue weighted by molar-refractivity contribution is 5.13. The quantitative estimate of drug-likeness (QED) is 0.637. The third-order valence-electron chi connectivity index (χ3n) is 1.81. The Morgan fingerprint density at radius 1 is 1.58 bits per heavy atom. The summed E-state index contributed by atoms with van der Waals surface area (Å²) >= 11 is 0. The molecule has 0 spiro atoms. The molecule has 0 aromatic rings. The van der Waals surface area contributed by atoms with Crippen molar-refractivity contribution >= 4 is 0 Å². The molecular weight excluding hydrogens is 150 g/mol. The lowest BCUT2D eigenvalue weighted by atomic mass is 10.2. The van der Waals surface area contributed by atoms with Crippen LogP contribution in [0.25, 0.3) is 0 Å². The monoisotopic (exact) mass is 167 g/mol. The first-order valence-corrected chi connectivity index (χ1v) is 4.39. The highest BCUT2D eigenvalue weighted by Crippen LogP contribution is 2.12. The molecule has 2 nitrogen and oxygen atoms in total. The summed E-state index contributed by atoms with van der Waals surface area (Å²) in [6.45, 7) is 6.46. The summed E-state index contributed by atoms with van der Waals surface area (Å²) in [5, 5.41) is 0. The molecule has 0 bridgehead atoms. The maximum Gasteiger partial charge on any atom is 0.189 e. The van der Waals surface area contributed by atoms with Crippen molar-refractivity contribution in [3.8, 4) is 0 Å². The second-order valence-electron chi connectivity index (χ2n) is 3.44. The van der Waals surface area contributed by atoms with Gasteiger partial charge in [-0.3, -0.25) is 0 Å². The highest BCUT2D eigenvalue weighted by Gasteiger charge is 2.11. The number of allylic oxidation sites excluding steroid dienone is 2. The van der Waals surface area contributed by atoms with E-state index in [9.17, 15) is 0 Å². The van der Waals surface area contributed by atoms with Crippen molar-refractivity contribution in [2.45, 2.75) is 13.8 Å². The first kappa shape index (κ1) is 9.17. The van der Waals surface area contributed by atoms with Gasteiger partial charge in [-0.05, 0) is 12.0 Å². The van der Waals surface area contributed by atoms with Crippen LogP contribution in [0.15, 0.2) is 24.1 Å². The van der Waals surface area contributed by atoms with Crippen molar-refractivity contribution in [3.05, 3.63) is 24.1 Å². The number of hydrogen-bond acceptors (Lipinski definition) is 2. The number of methoxy groups -OCH3 is 1. The molecule has 0 aromatic carbocycles. The van der Waals surface area contributed by atoms with E-state index in [0.29, 0.717) is 5.92 Å². The summed E-state index contributed by atoms with van der Waals surface area (Å²) in [5.41, 5.74) is 0. The van der Waals surface area contributed by atoms with E-state index in [-0.39, 0.29) is 0 Å². The summed E-state index contributed by atoms with van der Waals surface area (Å²) in [6, 6.07) is 0. The Morgan fingerprint density at radius 3 is 2.92 bits per heavy atom. The van der Waals surface area contributed by atoms with Crippen molar-refractivity contribution < 1.29 is 4.74 Å². The largest absolute Gasteiger partial charge is 0.482 e.